The van der Waals surface area contributed by atoms with Gasteiger partial charge in [-0.1, -0.05) is 25.0 Å². The lowest BCUT2D eigenvalue weighted by Crippen LogP contribution is -2.38. The maximum absolute atomic E-state index is 13.3. The lowest BCUT2D eigenvalue weighted by molar-refractivity contribution is -0.121. The molecule has 3 rings (SSSR count). The van der Waals surface area contributed by atoms with Gasteiger partial charge in [0, 0.05) is 5.69 Å². The second-order valence-corrected chi connectivity index (χ2v) is 7.62. The van der Waals surface area contributed by atoms with Crippen LogP contribution in [-0.2, 0) is 10.2 Å². The first-order chi connectivity index (χ1) is 12.9. The standard InChI is InChI=1S/C23H29NO3/c1-16(2)27-21-12-9-19(15-17(21)3)24-22(25)23(13-5-6-14-23)18-7-10-20(26-4)11-8-18/h7-12,15-16H,5-6,13-14H2,1-4H3,(H,24,25). The summed E-state index contributed by atoms with van der Waals surface area (Å²) in [5.41, 5.74) is 2.43. The molecule has 1 saturated carbocycles. The first-order valence-electron chi connectivity index (χ1n) is 9.68. The number of methoxy groups -OCH3 is 1. The molecule has 144 valence electrons. The van der Waals surface area contributed by atoms with E-state index in [0.29, 0.717) is 0 Å². The van der Waals surface area contributed by atoms with Gasteiger partial charge in [-0.15, -0.1) is 0 Å². The minimum atomic E-state index is -0.465. The number of ether oxygens (including phenoxy) is 2. The Kier molecular flexibility index (Phi) is 5.73. The van der Waals surface area contributed by atoms with Crippen LogP contribution < -0.4 is 14.8 Å². The average Bonchev–Trinajstić information content (AvgIpc) is 3.15. The fraction of sp³-hybridized carbons (Fsp3) is 0.435. The Labute approximate surface area is 161 Å². The highest BCUT2D eigenvalue weighted by Crippen LogP contribution is 2.42. The van der Waals surface area contributed by atoms with Gasteiger partial charge in [-0.3, -0.25) is 4.79 Å². The van der Waals surface area contributed by atoms with E-state index in [0.717, 1.165) is 54.0 Å². The summed E-state index contributed by atoms with van der Waals surface area (Å²) in [6, 6.07) is 13.7. The molecular formula is C23H29NO3. The third-order valence-corrected chi connectivity index (χ3v) is 5.33. The molecule has 2 aromatic carbocycles. The molecule has 1 N–H and O–H groups in total. The molecule has 0 aliphatic heterocycles. The molecule has 2 aromatic rings. The molecule has 1 aliphatic carbocycles. The highest BCUT2D eigenvalue weighted by Gasteiger charge is 2.42. The van der Waals surface area contributed by atoms with Crippen molar-refractivity contribution in [1.29, 1.82) is 0 Å². The fourth-order valence-electron chi connectivity index (χ4n) is 3.90. The molecule has 1 fully saturated rings. The van der Waals surface area contributed by atoms with Crippen molar-refractivity contribution < 1.29 is 14.3 Å². The molecule has 0 unspecified atom stereocenters. The van der Waals surface area contributed by atoms with Gasteiger partial charge in [-0.05, 0) is 75.1 Å². The van der Waals surface area contributed by atoms with E-state index in [-0.39, 0.29) is 12.0 Å². The second-order valence-electron chi connectivity index (χ2n) is 7.62. The van der Waals surface area contributed by atoms with Crippen molar-refractivity contribution in [2.24, 2.45) is 0 Å². The molecule has 27 heavy (non-hydrogen) atoms. The van der Waals surface area contributed by atoms with Crippen LogP contribution in [-0.4, -0.2) is 19.1 Å². The smallest absolute Gasteiger partial charge is 0.235 e. The van der Waals surface area contributed by atoms with Crippen molar-refractivity contribution in [3.8, 4) is 11.5 Å². The van der Waals surface area contributed by atoms with Crippen LogP contribution in [0.1, 0.15) is 50.7 Å². The summed E-state index contributed by atoms with van der Waals surface area (Å²) in [6.45, 7) is 6.02. The van der Waals surface area contributed by atoms with Gasteiger partial charge in [-0.25, -0.2) is 0 Å². The van der Waals surface area contributed by atoms with Crippen molar-refractivity contribution in [2.75, 3.05) is 12.4 Å². The molecule has 0 bridgehead atoms. The van der Waals surface area contributed by atoms with Gasteiger partial charge in [-0.2, -0.15) is 0 Å². The molecule has 0 radical (unpaired) electrons. The first-order valence-corrected chi connectivity index (χ1v) is 9.68. The molecule has 1 amide bonds. The number of carbonyl (C=O) groups excluding carboxylic acids is 1. The highest BCUT2D eigenvalue weighted by molar-refractivity contribution is 5.99. The summed E-state index contributed by atoms with van der Waals surface area (Å²) in [5, 5.41) is 3.15. The summed E-state index contributed by atoms with van der Waals surface area (Å²) in [5.74, 6) is 1.74. The summed E-state index contributed by atoms with van der Waals surface area (Å²) in [7, 11) is 1.65. The third kappa shape index (κ3) is 4.10. The van der Waals surface area contributed by atoms with Crippen LogP contribution in [0.2, 0.25) is 0 Å². The van der Waals surface area contributed by atoms with E-state index >= 15 is 0 Å². The summed E-state index contributed by atoms with van der Waals surface area (Å²) in [6.07, 6.45) is 4.01. The largest absolute Gasteiger partial charge is 0.497 e. The quantitative estimate of drug-likeness (QED) is 0.759. The van der Waals surface area contributed by atoms with Crippen LogP contribution in [0.25, 0.3) is 0 Å². The zero-order valence-electron chi connectivity index (χ0n) is 16.7. The van der Waals surface area contributed by atoms with E-state index in [9.17, 15) is 4.79 Å². The number of amides is 1. The van der Waals surface area contributed by atoms with Crippen LogP contribution in [0.4, 0.5) is 5.69 Å². The first kappa shape index (κ1) is 19.3. The Bertz CT molecular complexity index is 790. The third-order valence-electron chi connectivity index (χ3n) is 5.33. The van der Waals surface area contributed by atoms with Crippen molar-refractivity contribution >= 4 is 11.6 Å². The van der Waals surface area contributed by atoms with E-state index in [1.807, 2.05) is 63.2 Å². The van der Waals surface area contributed by atoms with Crippen molar-refractivity contribution in [3.05, 3.63) is 53.6 Å². The number of hydrogen-bond acceptors (Lipinski definition) is 3. The van der Waals surface area contributed by atoms with Gasteiger partial charge in [0.05, 0.1) is 18.6 Å². The number of nitrogens with one attached hydrogen (secondary N) is 1. The van der Waals surface area contributed by atoms with E-state index in [2.05, 4.69) is 5.32 Å². The number of carbonyl (C=O) groups is 1. The maximum Gasteiger partial charge on any atom is 0.235 e. The molecule has 0 spiro atoms. The van der Waals surface area contributed by atoms with Crippen molar-refractivity contribution in [2.45, 2.75) is 58.0 Å². The topological polar surface area (TPSA) is 47.6 Å². The zero-order chi connectivity index (χ0) is 19.4. The summed E-state index contributed by atoms with van der Waals surface area (Å²) < 4.78 is 11.1. The molecule has 4 heteroatoms. The number of benzene rings is 2. The Morgan fingerprint density at radius 2 is 1.74 bits per heavy atom. The SMILES string of the molecule is COc1ccc(C2(C(=O)Nc3ccc(OC(C)C)c(C)c3)CCCC2)cc1. The Hall–Kier alpha value is -2.49. The molecular weight excluding hydrogens is 338 g/mol. The molecule has 1 aliphatic rings. The average molecular weight is 367 g/mol. The Balaban J connectivity index is 1.82. The van der Waals surface area contributed by atoms with Gasteiger partial charge in [0.15, 0.2) is 0 Å². The fourth-order valence-corrected chi connectivity index (χ4v) is 3.90. The lowest BCUT2D eigenvalue weighted by Gasteiger charge is -2.28. The van der Waals surface area contributed by atoms with Gasteiger partial charge in [0.2, 0.25) is 5.91 Å². The molecule has 0 heterocycles. The Morgan fingerprint density at radius 1 is 1.07 bits per heavy atom. The van der Waals surface area contributed by atoms with Gasteiger partial charge >= 0.3 is 0 Å². The van der Waals surface area contributed by atoms with E-state index in [1.165, 1.54) is 0 Å². The van der Waals surface area contributed by atoms with E-state index < -0.39 is 5.41 Å². The monoisotopic (exact) mass is 367 g/mol. The van der Waals surface area contributed by atoms with Gasteiger partial charge < -0.3 is 14.8 Å². The van der Waals surface area contributed by atoms with E-state index in [4.69, 9.17) is 9.47 Å². The molecule has 0 saturated heterocycles. The minimum Gasteiger partial charge on any atom is -0.497 e. The van der Waals surface area contributed by atoms with Crippen LogP contribution in [0.15, 0.2) is 42.5 Å². The summed E-state index contributed by atoms with van der Waals surface area (Å²) >= 11 is 0. The normalized spacial score (nSPS) is 15.6. The number of hydrogen-bond donors (Lipinski definition) is 1. The zero-order valence-corrected chi connectivity index (χ0v) is 16.7. The number of aryl methyl sites for hydroxylation is 1. The highest BCUT2D eigenvalue weighted by atomic mass is 16.5. The molecule has 0 atom stereocenters. The van der Waals surface area contributed by atoms with Crippen molar-refractivity contribution in [1.82, 2.24) is 0 Å². The van der Waals surface area contributed by atoms with Crippen LogP contribution in [0.3, 0.4) is 0 Å². The van der Waals surface area contributed by atoms with E-state index in [1.54, 1.807) is 7.11 Å². The number of rotatable bonds is 6. The molecule has 4 nitrogen and oxygen atoms in total. The van der Waals surface area contributed by atoms with Gasteiger partial charge in [0.25, 0.3) is 0 Å². The Morgan fingerprint density at radius 3 is 2.30 bits per heavy atom. The predicted molar refractivity (Wildman–Crippen MR) is 109 cm³/mol. The maximum atomic E-state index is 13.3. The minimum absolute atomic E-state index is 0.0714. The van der Waals surface area contributed by atoms with Crippen LogP contribution >= 0.6 is 0 Å². The second kappa shape index (κ2) is 8.03. The van der Waals surface area contributed by atoms with Crippen LogP contribution in [0.5, 0.6) is 11.5 Å². The van der Waals surface area contributed by atoms with Gasteiger partial charge in [0.1, 0.15) is 11.5 Å². The lowest BCUT2D eigenvalue weighted by atomic mass is 9.78. The predicted octanol–water partition coefficient (Wildman–Crippen LogP) is 5.24. The van der Waals surface area contributed by atoms with Crippen molar-refractivity contribution in [3.63, 3.8) is 0 Å². The van der Waals surface area contributed by atoms with Crippen LogP contribution in [0, 0.1) is 6.92 Å². The number of anilines is 1. The summed E-state index contributed by atoms with van der Waals surface area (Å²) in [4.78, 5) is 13.3. The molecule has 0 aromatic heterocycles.